The fourth-order valence-electron chi connectivity index (χ4n) is 2.46. The first kappa shape index (κ1) is 16.8. The minimum Gasteiger partial charge on any atom is -0.463 e. The van der Waals surface area contributed by atoms with Crippen molar-refractivity contribution in [1.82, 2.24) is 10.6 Å². The molecule has 4 nitrogen and oxygen atoms in total. The van der Waals surface area contributed by atoms with Gasteiger partial charge in [-0.15, -0.1) is 0 Å². The molecule has 22 heavy (non-hydrogen) atoms. The third kappa shape index (κ3) is 3.59. The molecular formula is C16H19ClN2O2S. The van der Waals surface area contributed by atoms with E-state index in [2.05, 4.69) is 10.6 Å². The predicted octanol–water partition coefficient (Wildman–Crippen LogP) is 3.48. The molecule has 0 unspecified atom stereocenters. The van der Waals surface area contributed by atoms with Gasteiger partial charge in [-0.05, 0) is 37.2 Å². The van der Waals surface area contributed by atoms with Gasteiger partial charge in [0.15, 0.2) is 5.11 Å². The van der Waals surface area contributed by atoms with Crippen LogP contribution >= 0.6 is 23.8 Å². The number of hydrogen-bond acceptors (Lipinski definition) is 3. The molecule has 0 bridgehead atoms. The van der Waals surface area contributed by atoms with Crippen molar-refractivity contribution in [2.24, 2.45) is 0 Å². The monoisotopic (exact) mass is 338 g/mol. The summed E-state index contributed by atoms with van der Waals surface area (Å²) in [7, 11) is 0. The zero-order valence-electron chi connectivity index (χ0n) is 12.6. The Hall–Kier alpha value is -1.59. The molecule has 0 aromatic heterocycles. The highest BCUT2D eigenvalue weighted by molar-refractivity contribution is 7.80. The van der Waals surface area contributed by atoms with Gasteiger partial charge in [-0.3, -0.25) is 0 Å². The molecule has 0 saturated heterocycles. The minimum absolute atomic E-state index is 0.321. The van der Waals surface area contributed by atoms with Crippen molar-refractivity contribution >= 4 is 34.9 Å². The summed E-state index contributed by atoms with van der Waals surface area (Å²) >= 11 is 11.6. The molecule has 2 N–H and O–H groups in total. The lowest BCUT2D eigenvalue weighted by molar-refractivity contribution is -0.139. The maximum absolute atomic E-state index is 12.4. The molecule has 0 aliphatic carbocycles. The van der Waals surface area contributed by atoms with Crippen LogP contribution in [0.4, 0.5) is 0 Å². The van der Waals surface area contributed by atoms with Gasteiger partial charge in [0, 0.05) is 10.7 Å². The molecule has 0 fully saturated rings. The van der Waals surface area contributed by atoms with Crippen LogP contribution in [0.3, 0.4) is 0 Å². The first-order chi connectivity index (χ1) is 10.6. The van der Waals surface area contributed by atoms with E-state index in [-0.39, 0.29) is 5.97 Å². The normalized spacial score (nSPS) is 17.8. The van der Waals surface area contributed by atoms with Gasteiger partial charge < -0.3 is 15.4 Å². The molecule has 0 saturated carbocycles. The number of rotatable bonds is 5. The summed E-state index contributed by atoms with van der Waals surface area (Å²) in [5.74, 6) is -0.349. The topological polar surface area (TPSA) is 50.4 Å². The van der Waals surface area contributed by atoms with E-state index in [1.807, 2.05) is 25.1 Å². The summed E-state index contributed by atoms with van der Waals surface area (Å²) in [5, 5.41) is 7.28. The minimum atomic E-state index is -0.400. The Morgan fingerprint density at radius 2 is 2.09 bits per heavy atom. The van der Waals surface area contributed by atoms with E-state index in [1.54, 1.807) is 13.0 Å². The Labute approximate surface area is 140 Å². The summed E-state index contributed by atoms with van der Waals surface area (Å²) in [6.07, 6.45) is 1.61. The first-order valence-electron chi connectivity index (χ1n) is 7.30. The van der Waals surface area contributed by atoms with Crippen LogP contribution in [0.15, 0.2) is 35.5 Å². The SMILES string of the molecule is CCCC1=C(C(=O)OCC)[C@H](c2ccccc2Cl)NC(=S)N1. The lowest BCUT2D eigenvalue weighted by Crippen LogP contribution is -2.45. The lowest BCUT2D eigenvalue weighted by Gasteiger charge is -2.31. The van der Waals surface area contributed by atoms with Gasteiger partial charge in [0.25, 0.3) is 0 Å². The predicted molar refractivity (Wildman–Crippen MR) is 91.6 cm³/mol. The maximum atomic E-state index is 12.4. The molecule has 1 aromatic carbocycles. The number of thiocarbonyl (C=S) groups is 1. The van der Waals surface area contributed by atoms with E-state index in [0.717, 1.165) is 24.1 Å². The van der Waals surface area contributed by atoms with Crippen molar-refractivity contribution in [3.63, 3.8) is 0 Å². The van der Waals surface area contributed by atoms with Crippen molar-refractivity contribution < 1.29 is 9.53 Å². The van der Waals surface area contributed by atoms with Crippen molar-refractivity contribution in [2.75, 3.05) is 6.61 Å². The van der Waals surface area contributed by atoms with Gasteiger partial charge in [-0.25, -0.2) is 4.79 Å². The lowest BCUT2D eigenvalue weighted by atomic mass is 9.94. The van der Waals surface area contributed by atoms with Crippen LogP contribution in [-0.4, -0.2) is 17.7 Å². The van der Waals surface area contributed by atoms with Gasteiger partial charge in [0.2, 0.25) is 0 Å². The Morgan fingerprint density at radius 1 is 1.36 bits per heavy atom. The molecule has 1 heterocycles. The van der Waals surface area contributed by atoms with Crippen molar-refractivity contribution in [2.45, 2.75) is 32.7 Å². The zero-order valence-corrected chi connectivity index (χ0v) is 14.2. The number of carbonyl (C=O) groups is 1. The average molecular weight is 339 g/mol. The number of allylic oxidation sites excluding steroid dienone is 1. The third-order valence-corrected chi connectivity index (χ3v) is 3.93. The van der Waals surface area contributed by atoms with Crippen LogP contribution in [0.5, 0.6) is 0 Å². The van der Waals surface area contributed by atoms with Crippen LogP contribution in [0.2, 0.25) is 5.02 Å². The van der Waals surface area contributed by atoms with Crippen molar-refractivity contribution in [3.8, 4) is 0 Å². The van der Waals surface area contributed by atoms with E-state index in [4.69, 9.17) is 28.6 Å². The maximum Gasteiger partial charge on any atom is 0.338 e. The van der Waals surface area contributed by atoms with Gasteiger partial charge >= 0.3 is 5.97 Å². The standard InChI is InChI=1S/C16H19ClN2O2S/c1-3-7-12-13(15(20)21-4-2)14(19-16(22)18-12)10-8-5-6-9-11(10)17/h5-6,8-9,14H,3-4,7H2,1-2H3,(H2,18,19,22)/t14-/m0/s1. The summed E-state index contributed by atoms with van der Waals surface area (Å²) < 4.78 is 5.22. The van der Waals surface area contributed by atoms with Crippen molar-refractivity contribution in [1.29, 1.82) is 0 Å². The molecule has 118 valence electrons. The molecule has 1 atom stereocenters. The van der Waals surface area contributed by atoms with Crippen LogP contribution < -0.4 is 10.6 Å². The molecule has 2 rings (SSSR count). The number of benzene rings is 1. The second kappa shape index (κ2) is 7.61. The molecular weight excluding hydrogens is 320 g/mol. The zero-order chi connectivity index (χ0) is 16.1. The van der Waals surface area contributed by atoms with Gasteiger partial charge in [-0.1, -0.05) is 43.1 Å². The summed E-state index contributed by atoms with van der Waals surface area (Å²) in [5.41, 5.74) is 2.16. The highest BCUT2D eigenvalue weighted by Crippen LogP contribution is 2.33. The number of ether oxygens (including phenoxy) is 1. The van der Waals surface area contributed by atoms with Crippen molar-refractivity contribution in [3.05, 3.63) is 46.1 Å². The molecule has 1 aliphatic rings. The smallest absolute Gasteiger partial charge is 0.338 e. The van der Waals surface area contributed by atoms with E-state index in [0.29, 0.717) is 22.3 Å². The van der Waals surface area contributed by atoms with E-state index >= 15 is 0 Å². The fraction of sp³-hybridized carbons (Fsp3) is 0.375. The van der Waals surface area contributed by atoms with Crippen LogP contribution in [0.25, 0.3) is 0 Å². The van der Waals surface area contributed by atoms with E-state index in [1.165, 1.54) is 0 Å². The number of esters is 1. The van der Waals surface area contributed by atoms with E-state index in [9.17, 15) is 4.79 Å². The Balaban J connectivity index is 2.52. The van der Waals surface area contributed by atoms with Gasteiger partial charge in [0.1, 0.15) is 0 Å². The number of nitrogens with one attached hydrogen (secondary N) is 2. The number of carbonyl (C=O) groups excluding carboxylic acids is 1. The fourth-order valence-corrected chi connectivity index (χ4v) is 2.94. The number of halogens is 1. The molecule has 0 spiro atoms. The molecule has 1 aromatic rings. The second-order valence-corrected chi connectivity index (χ2v) is 5.73. The van der Waals surface area contributed by atoms with Crippen LogP contribution in [0, 0.1) is 0 Å². The van der Waals surface area contributed by atoms with E-state index < -0.39 is 6.04 Å². The third-order valence-electron chi connectivity index (χ3n) is 3.37. The molecule has 1 aliphatic heterocycles. The Bertz CT molecular complexity index is 616. The highest BCUT2D eigenvalue weighted by Gasteiger charge is 2.32. The van der Waals surface area contributed by atoms with Crippen LogP contribution in [0.1, 0.15) is 38.3 Å². The molecule has 0 radical (unpaired) electrons. The van der Waals surface area contributed by atoms with Crippen LogP contribution in [-0.2, 0) is 9.53 Å². The molecule has 6 heteroatoms. The average Bonchev–Trinajstić information content (AvgIpc) is 2.47. The summed E-state index contributed by atoms with van der Waals surface area (Å²) in [6, 6.07) is 7.02. The number of hydrogen-bond donors (Lipinski definition) is 2. The van der Waals surface area contributed by atoms with Gasteiger partial charge in [-0.2, -0.15) is 0 Å². The summed E-state index contributed by atoms with van der Waals surface area (Å²) in [6.45, 7) is 4.16. The van der Waals surface area contributed by atoms with Gasteiger partial charge in [0.05, 0.1) is 18.2 Å². The Kier molecular flexibility index (Phi) is 5.80. The second-order valence-electron chi connectivity index (χ2n) is 4.92. The Morgan fingerprint density at radius 3 is 2.73 bits per heavy atom. The first-order valence-corrected chi connectivity index (χ1v) is 8.09. The largest absolute Gasteiger partial charge is 0.463 e. The quantitative estimate of drug-likeness (QED) is 0.636. The molecule has 0 amide bonds. The highest BCUT2D eigenvalue weighted by atomic mass is 35.5. The summed E-state index contributed by atoms with van der Waals surface area (Å²) in [4.78, 5) is 12.4.